The maximum absolute atomic E-state index is 12.1. The Morgan fingerprint density at radius 3 is 2.78 bits per heavy atom. The fraction of sp³-hybridized carbons (Fsp3) is 0.611. The van der Waals surface area contributed by atoms with E-state index in [0.29, 0.717) is 18.3 Å². The van der Waals surface area contributed by atoms with Crippen molar-refractivity contribution in [3.8, 4) is 5.75 Å². The zero-order chi connectivity index (χ0) is 16.7. The Balaban J connectivity index is 1.74. The molecule has 128 valence electrons. The first-order valence-corrected chi connectivity index (χ1v) is 8.39. The van der Waals surface area contributed by atoms with Crippen LogP contribution in [0, 0.1) is 11.8 Å². The number of hydrogen-bond donors (Lipinski definition) is 3. The number of carbonyl (C=O) groups is 1. The van der Waals surface area contributed by atoms with E-state index in [9.17, 15) is 9.90 Å². The highest BCUT2D eigenvalue weighted by molar-refractivity contribution is 5.76. The van der Waals surface area contributed by atoms with Crippen LogP contribution in [0.3, 0.4) is 0 Å². The largest absolute Gasteiger partial charge is 0.497 e. The first-order chi connectivity index (χ1) is 11.1. The van der Waals surface area contributed by atoms with Crippen LogP contribution in [0.2, 0.25) is 0 Å². The minimum atomic E-state index is -0.698. The molecule has 0 aromatic heterocycles. The first kappa shape index (κ1) is 17.8. The lowest BCUT2D eigenvalue weighted by Gasteiger charge is -2.28. The minimum absolute atomic E-state index is 0.00985. The van der Waals surface area contributed by atoms with Crippen LogP contribution in [0.1, 0.15) is 37.9 Å². The van der Waals surface area contributed by atoms with Crippen LogP contribution in [0.4, 0.5) is 0 Å². The molecule has 1 fully saturated rings. The lowest BCUT2D eigenvalue weighted by atomic mass is 9.85. The van der Waals surface area contributed by atoms with Crippen molar-refractivity contribution in [3.05, 3.63) is 29.8 Å². The molecular formula is C18H28N2O3. The van der Waals surface area contributed by atoms with Gasteiger partial charge in [0.05, 0.1) is 13.2 Å². The molecule has 1 heterocycles. The van der Waals surface area contributed by atoms with Gasteiger partial charge in [0.15, 0.2) is 0 Å². The van der Waals surface area contributed by atoms with E-state index in [1.807, 2.05) is 12.1 Å². The third kappa shape index (κ3) is 5.52. The summed E-state index contributed by atoms with van der Waals surface area (Å²) in [5.74, 6) is 1.69. The molecule has 3 N–H and O–H groups in total. The molecule has 1 aromatic rings. The Kier molecular flexibility index (Phi) is 6.86. The van der Waals surface area contributed by atoms with Gasteiger partial charge >= 0.3 is 0 Å². The zero-order valence-electron chi connectivity index (χ0n) is 14.0. The smallest absolute Gasteiger partial charge is 0.220 e. The Hall–Kier alpha value is -1.59. The van der Waals surface area contributed by atoms with Crippen molar-refractivity contribution in [1.82, 2.24) is 10.6 Å². The first-order valence-electron chi connectivity index (χ1n) is 8.39. The molecule has 1 aliphatic heterocycles. The number of methoxy groups -OCH3 is 1. The number of ether oxygens (including phenoxy) is 1. The second kappa shape index (κ2) is 8.89. The van der Waals surface area contributed by atoms with Gasteiger partial charge in [-0.3, -0.25) is 4.79 Å². The Morgan fingerprint density at radius 2 is 2.17 bits per heavy atom. The van der Waals surface area contributed by atoms with Crippen LogP contribution in [0.5, 0.6) is 5.75 Å². The average Bonchev–Trinajstić information content (AvgIpc) is 2.60. The van der Waals surface area contributed by atoms with E-state index >= 15 is 0 Å². The maximum Gasteiger partial charge on any atom is 0.220 e. The molecule has 0 aliphatic carbocycles. The summed E-state index contributed by atoms with van der Waals surface area (Å²) >= 11 is 0. The van der Waals surface area contributed by atoms with Gasteiger partial charge in [0, 0.05) is 13.0 Å². The highest BCUT2D eigenvalue weighted by Crippen LogP contribution is 2.22. The van der Waals surface area contributed by atoms with Gasteiger partial charge in [0.2, 0.25) is 5.91 Å². The molecule has 5 nitrogen and oxygen atoms in total. The molecular weight excluding hydrogens is 292 g/mol. The number of amides is 1. The molecule has 3 atom stereocenters. The quantitative estimate of drug-likeness (QED) is 0.717. The van der Waals surface area contributed by atoms with Crippen molar-refractivity contribution in [3.63, 3.8) is 0 Å². The molecule has 23 heavy (non-hydrogen) atoms. The third-order valence-corrected chi connectivity index (χ3v) is 4.64. The molecule has 1 saturated heterocycles. The summed E-state index contributed by atoms with van der Waals surface area (Å²) in [4.78, 5) is 12.1. The monoisotopic (exact) mass is 320 g/mol. The summed E-state index contributed by atoms with van der Waals surface area (Å²) < 4.78 is 5.09. The molecule has 1 aliphatic rings. The van der Waals surface area contributed by atoms with E-state index in [1.54, 1.807) is 19.2 Å². The van der Waals surface area contributed by atoms with Crippen LogP contribution >= 0.6 is 0 Å². The summed E-state index contributed by atoms with van der Waals surface area (Å²) in [6.45, 7) is 4.46. The van der Waals surface area contributed by atoms with E-state index in [2.05, 4.69) is 17.6 Å². The Bertz CT molecular complexity index is 484. The number of carbonyl (C=O) groups excluding carboxylic acids is 1. The van der Waals surface area contributed by atoms with E-state index in [4.69, 9.17) is 4.74 Å². The normalized spacial score (nSPS) is 20.6. The third-order valence-electron chi connectivity index (χ3n) is 4.64. The van der Waals surface area contributed by atoms with Crippen molar-refractivity contribution in [1.29, 1.82) is 0 Å². The number of nitrogens with one attached hydrogen (secondary N) is 2. The van der Waals surface area contributed by atoms with Gasteiger partial charge in [-0.2, -0.15) is 0 Å². The van der Waals surface area contributed by atoms with Gasteiger partial charge in [0.25, 0.3) is 0 Å². The number of benzene rings is 1. The highest BCUT2D eigenvalue weighted by atomic mass is 16.5. The molecule has 5 heteroatoms. The summed E-state index contributed by atoms with van der Waals surface area (Å²) in [5.41, 5.74) is 0.774. The lowest BCUT2D eigenvalue weighted by molar-refractivity contribution is -0.122. The number of piperidine rings is 1. The molecule has 1 amide bonds. The van der Waals surface area contributed by atoms with Crippen molar-refractivity contribution in [2.75, 3.05) is 26.7 Å². The van der Waals surface area contributed by atoms with Crippen LogP contribution < -0.4 is 15.4 Å². The number of aliphatic hydroxyl groups is 1. The van der Waals surface area contributed by atoms with Crippen LogP contribution in [-0.4, -0.2) is 37.8 Å². The van der Waals surface area contributed by atoms with E-state index in [1.165, 1.54) is 12.8 Å². The number of hydrogen-bond acceptors (Lipinski definition) is 4. The lowest BCUT2D eigenvalue weighted by Crippen LogP contribution is -2.36. The van der Waals surface area contributed by atoms with Crippen molar-refractivity contribution < 1.29 is 14.6 Å². The fourth-order valence-electron chi connectivity index (χ4n) is 3.05. The van der Waals surface area contributed by atoms with Crippen LogP contribution in [-0.2, 0) is 4.79 Å². The van der Waals surface area contributed by atoms with Gasteiger partial charge in [0.1, 0.15) is 5.75 Å². The van der Waals surface area contributed by atoms with Crippen LogP contribution in [0.15, 0.2) is 24.3 Å². The van der Waals surface area contributed by atoms with Gasteiger partial charge in [-0.1, -0.05) is 19.1 Å². The van der Waals surface area contributed by atoms with Gasteiger partial charge in [-0.15, -0.1) is 0 Å². The fourth-order valence-corrected chi connectivity index (χ4v) is 3.05. The molecule has 0 radical (unpaired) electrons. The van der Waals surface area contributed by atoms with Crippen molar-refractivity contribution >= 4 is 5.91 Å². The summed E-state index contributed by atoms with van der Waals surface area (Å²) in [6, 6.07) is 7.23. The number of aliphatic hydroxyl groups excluding tert-OH is 1. The second-order valence-electron chi connectivity index (χ2n) is 6.38. The molecule has 0 saturated carbocycles. The average molecular weight is 320 g/mol. The summed E-state index contributed by atoms with van der Waals surface area (Å²) in [5, 5.41) is 16.4. The predicted molar refractivity (Wildman–Crippen MR) is 90.3 cm³/mol. The zero-order valence-corrected chi connectivity index (χ0v) is 14.0. The van der Waals surface area contributed by atoms with E-state index < -0.39 is 6.10 Å². The maximum atomic E-state index is 12.1. The van der Waals surface area contributed by atoms with Crippen LogP contribution in [0.25, 0.3) is 0 Å². The predicted octanol–water partition coefficient (Wildman–Crippen LogP) is 1.87. The standard InChI is InChI=1S/C18H28N2O3/c1-13(15-4-3-9-19-11-15)10-18(22)20-12-17(21)14-5-7-16(23-2)8-6-14/h5-8,13,15,17,19,21H,3-4,9-12H2,1-2H3,(H,20,22). The topological polar surface area (TPSA) is 70.6 Å². The number of rotatable bonds is 7. The molecule has 3 unspecified atom stereocenters. The van der Waals surface area contributed by atoms with Gasteiger partial charge < -0.3 is 20.5 Å². The Morgan fingerprint density at radius 1 is 1.43 bits per heavy atom. The molecule has 1 aromatic carbocycles. The summed E-state index contributed by atoms with van der Waals surface area (Å²) in [7, 11) is 1.61. The van der Waals surface area contributed by atoms with Gasteiger partial charge in [-0.05, 0) is 55.5 Å². The SMILES string of the molecule is COc1ccc(C(O)CNC(=O)CC(C)C2CCCNC2)cc1. The molecule has 2 rings (SSSR count). The minimum Gasteiger partial charge on any atom is -0.497 e. The summed E-state index contributed by atoms with van der Waals surface area (Å²) in [6.07, 6.45) is 2.20. The van der Waals surface area contributed by atoms with Crippen molar-refractivity contribution in [2.45, 2.75) is 32.3 Å². The van der Waals surface area contributed by atoms with Gasteiger partial charge in [-0.25, -0.2) is 0 Å². The van der Waals surface area contributed by atoms with E-state index in [0.717, 1.165) is 24.4 Å². The highest BCUT2D eigenvalue weighted by Gasteiger charge is 2.22. The molecule has 0 bridgehead atoms. The van der Waals surface area contributed by atoms with E-state index in [-0.39, 0.29) is 12.5 Å². The van der Waals surface area contributed by atoms with Crippen molar-refractivity contribution in [2.24, 2.45) is 11.8 Å². The second-order valence-corrected chi connectivity index (χ2v) is 6.38. The Labute approximate surface area is 138 Å². The molecule has 0 spiro atoms.